The van der Waals surface area contributed by atoms with Crippen molar-refractivity contribution in [3.05, 3.63) is 23.4 Å². The molecule has 0 amide bonds. The minimum atomic E-state index is 0.377. The van der Waals surface area contributed by atoms with E-state index in [-0.39, 0.29) is 0 Å². The van der Waals surface area contributed by atoms with Crippen molar-refractivity contribution in [1.82, 2.24) is 15.6 Å². The summed E-state index contributed by atoms with van der Waals surface area (Å²) < 4.78 is 0. The highest BCUT2D eigenvalue weighted by molar-refractivity contribution is 6.32. The second-order valence-corrected chi connectivity index (χ2v) is 6.90. The van der Waals surface area contributed by atoms with Gasteiger partial charge >= 0.3 is 0 Å². The van der Waals surface area contributed by atoms with E-state index in [0.29, 0.717) is 12.1 Å². The third-order valence-corrected chi connectivity index (χ3v) is 4.99. The fourth-order valence-electron chi connectivity index (χ4n) is 3.33. The second-order valence-electron chi connectivity index (χ2n) is 6.49. The van der Waals surface area contributed by atoms with Crippen molar-refractivity contribution in [3.63, 3.8) is 0 Å². The van der Waals surface area contributed by atoms with E-state index in [2.05, 4.69) is 32.4 Å². The van der Waals surface area contributed by atoms with Gasteiger partial charge in [-0.15, -0.1) is 0 Å². The first-order chi connectivity index (χ1) is 11.2. The quantitative estimate of drug-likeness (QED) is 0.641. The SMILES string of the molecule is CCCC1CC1NC(=NC)NC1CCN(c2ncccc2Cl)C1. The number of hydrogen-bond acceptors (Lipinski definition) is 3. The molecule has 2 fully saturated rings. The molecule has 3 rings (SSSR count). The first kappa shape index (κ1) is 16.4. The van der Waals surface area contributed by atoms with Gasteiger partial charge in [0.2, 0.25) is 0 Å². The Morgan fingerprint density at radius 1 is 1.48 bits per heavy atom. The molecule has 0 spiro atoms. The number of hydrogen-bond donors (Lipinski definition) is 2. The largest absolute Gasteiger partial charge is 0.353 e. The van der Waals surface area contributed by atoms with E-state index in [1.165, 1.54) is 19.3 Å². The first-order valence-corrected chi connectivity index (χ1v) is 8.94. The van der Waals surface area contributed by atoms with E-state index < -0.39 is 0 Å². The maximum atomic E-state index is 6.25. The fraction of sp³-hybridized carbons (Fsp3) is 0.647. The van der Waals surface area contributed by atoms with Gasteiger partial charge in [0.1, 0.15) is 5.82 Å². The predicted octanol–water partition coefficient (Wildman–Crippen LogP) is 2.67. The summed E-state index contributed by atoms with van der Waals surface area (Å²) in [5.41, 5.74) is 0. The maximum absolute atomic E-state index is 6.25. The zero-order valence-corrected chi connectivity index (χ0v) is 14.7. The van der Waals surface area contributed by atoms with Crippen molar-refractivity contribution >= 4 is 23.4 Å². The minimum Gasteiger partial charge on any atom is -0.353 e. The molecule has 1 aromatic heterocycles. The number of nitrogens with zero attached hydrogens (tertiary/aromatic N) is 3. The van der Waals surface area contributed by atoms with Crippen LogP contribution in [0, 0.1) is 5.92 Å². The molecule has 5 nitrogen and oxygen atoms in total. The van der Waals surface area contributed by atoms with Crippen LogP contribution in [-0.2, 0) is 0 Å². The van der Waals surface area contributed by atoms with Gasteiger partial charge in [0, 0.05) is 38.4 Å². The molecule has 1 aliphatic heterocycles. The Morgan fingerprint density at radius 3 is 3.09 bits per heavy atom. The van der Waals surface area contributed by atoms with Crippen molar-refractivity contribution in [2.75, 3.05) is 25.0 Å². The van der Waals surface area contributed by atoms with Crippen LogP contribution in [0.1, 0.15) is 32.6 Å². The van der Waals surface area contributed by atoms with Crippen LogP contribution in [0.25, 0.3) is 0 Å². The van der Waals surface area contributed by atoms with Crippen LogP contribution in [0.2, 0.25) is 5.02 Å². The van der Waals surface area contributed by atoms with Crippen LogP contribution in [0.4, 0.5) is 5.82 Å². The van der Waals surface area contributed by atoms with Crippen molar-refractivity contribution < 1.29 is 0 Å². The Balaban J connectivity index is 1.50. The predicted molar refractivity (Wildman–Crippen MR) is 96.3 cm³/mol. The van der Waals surface area contributed by atoms with Gasteiger partial charge in [0.25, 0.3) is 0 Å². The summed E-state index contributed by atoms with van der Waals surface area (Å²) in [7, 11) is 1.84. The van der Waals surface area contributed by atoms with Crippen LogP contribution in [0.15, 0.2) is 23.3 Å². The second kappa shape index (κ2) is 7.39. The van der Waals surface area contributed by atoms with Gasteiger partial charge in [-0.1, -0.05) is 24.9 Å². The molecule has 1 aliphatic carbocycles. The Kier molecular flexibility index (Phi) is 5.26. The zero-order chi connectivity index (χ0) is 16.2. The summed E-state index contributed by atoms with van der Waals surface area (Å²) in [6, 6.07) is 4.74. The standard InChI is InChI=1S/C17H26ClN5/c1-3-5-12-10-15(12)22-17(19-2)21-13-7-9-23(11-13)16-14(18)6-4-8-20-16/h4,6,8,12-13,15H,3,5,7,9-11H2,1-2H3,(H2,19,21,22). The highest BCUT2D eigenvalue weighted by atomic mass is 35.5. The number of aliphatic imine (C=N–C) groups is 1. The highest BCUT2D eigenvalue weighted by Gasteiger charge is 2.37. The van der Waals surface area contributed by atoms with Crippen LogP contribution < -0.4 is 15.5 Å². The average molecular weight is 336 g/mol. The Labute approximate surface area is 143 Å². The summed E-state index contributed by atoms with van der Waals surface area (Å²) in [6.07, 6.45) is 6.70. The van der Waals surface area contributed by atoms with Gasteiger partial charge < -0.3 is 15.5 Å². The monoisotopic (exact) mass is 335 g/mol. The summed E-state index contributed by atoms with van der Waals surface area (Å²) in [5.74, 6) is 2.63. The summed E-state index contributed by atoms with van der Waals surface area (Å²) in [4.78, 5) is 11.0. The van der Waals surface area contributed by atoms with Gasteiger partial charge in [-0.05, 0) is 37.3 Å². The van der Waals surface area contributed by atoms with E-state index >= 15 is 0 Å². The van der Waals surface area contributed by atoms with Gasteiger partial charge in [0.05, 0.1) is 5.02 Å². The van der Waals surface area contributed by atoms with E-state index in [4.69, 9.17) is 11.6 Å². The summed E-state index contributed by atoms with van der Waals surface area (Å²) >= 11 is 6.25. The molecule has 3 atom stereocenters. The molecule has 1 saturated heterocycles. The molecule has 1 aromatic rings. The van der Waals surface area contributed by atoms with Crippen molar-refractivity contribution in [3.8, 4) is 0 Å². The smallest absolute Gasteiger partial charge is 0.191 e. The molecule has 1 saturated carbocycles. The Bertz CT molecular complexity index is 562. The molecule has 23 heavy (non-hydrogen) atoms. The van der Waals surface area contributed by atoms with Gasteiger partial charge in [-0.3, -0.25) is 4.99 Å². The van der Waals surface area contributed by atoms with Crippen LogP contribution in [0.3, 0.4) is 0 Å². The van der Waals surface area contributed by atoms with Gasteiger partial charge in [-0.25, -0.2) is 4.98 Å². The number of nitrogens with one attached hydrogen (secondary N) is 2. The number of rotatable bonds is 5. The molecule has 6 heteroatoms. The zero-order valence-electron chi connectivity index (χ0n) is 13.9. The lowest BCUT2D eigenvalue weighted by molar-refractivity contribution is 0.625. The molecule has 2 aliphatic rings. The van der Waals surface area contributed by atoms with E-state index in [1.54, 1.807) is 6.20 Å². The van der Waals surface area contributed by atoms with Crippen LogP contribution in [-0.4, -0.2) is 43.2 Å². The number of pyridine rings is 1. The van der Waals surface area contributed by atoms with Crippen LogP contribution >= 0.6 is 11.6 Å². The summed E-state index contributed by atoms with van der Waals surface area (Å²) in [6.45, 7) is 4.12. The molecular weight excluding hydrogens is 310 g/mol. The number of aromatic nitrogens is 1. The topological polar surface area (TPSA) is 52.6 Å². The maximum Gasteiger partial charge on any atom is 0.191 e. The molecule has 3 unspecified atom stereocenters. The number of guanidine groups is 1. The lowest BCUT2D eigenvalue weighted by Crippen LogP contribution is -2.45. The molecule has 126 valence electrons. The van der Waals surface area contributed by atoms with Crippen molar-refractivity contribution in [2.45, 2.75) is 44.7 Å². The average Bonchev–Trinajstić information content (AvgIpc) is 3.10. The number of anilines is 1. The van der Waals surface area contributed by atoms with Gasteiger partial charge in [0.15, 0.2) is 5.96 Å². The molecule has 2 heterocycles. The Hall–Kier alpha value is -1.49. The van der Waals surface area contributed by atoms with Crippen molar-refractivity contribution in [2.24, 2.45) is 10.9 Å². The highest BCUT2D eigenvalue weighted by Crippen LogP contribution is 2.34. The van der Waals surface area contributed by atoms with Crippen LogP contribution in [0.5, 0.6) is 0 Å². The normalized spacial score (nSPS) is 27.2. The van der Waals surface area contributed by atoms with E-state index in [0.717, 1.165) is 42.2 Å². The van der Waals surface area contributed by atoms with Crippen molar-refractivity contribution in [1.29, 1.82) is 0 Å². The molecular formula is C17H26ClN5. The van der Waals surface area contributed by atoms with E-state index in [1.807, 2.05) is 19.2 Å². The minimum absolute atomic E-state index is 0.377. The molecule has 0 bridgehead atoms. The third kappa shape index (κ3) is 4.08. The number of halogens is 1. The lowest BCUT2D eigenvalue weighted by Gasteiger charge is -2.20. The lowest BCUT2D eigenvalue weighted by atomic mass is 10.2. The van der Waals surface area contributed by atoms with E-state index in [9.17, 15) is 0 Å². The summed E-state index contributed by atoms with van der Waals surface area (Å²) in [5, 5.41) is 7.81. The first-order valence-electron chi connectivity index (χ1n) is 8.56. The molecule has 0 radical (unpaired) electrons. The Morgan fingerprint density at radius 2 is 2.35 bits per heavy atom. The molecule has 0 aromatic carbocycles. The fourth-order valence-corrected chi connectivity index (χ4v) is 3.58. The third-order valence-electron chi connectivity index (χ3n) is 4.70. The molecule has 2 N–H and O–H groups in total. The van der Waals surface area contributed by atoms with Gasteiger partial charge in [-0.2, -0.15) is 0 Å².